The molecule has 6 aromatic rings. The number of methoxy groups -OCH3 is 1. The highest BCUT2D eigenvalue weighted by Gasteiger charge is 2.22. The van der Waals surface area contributed by atoms with Gasteiger partial charge < -0.3 is 9.84 Å². The van der Waals surface area contributed by atoms with Gasteiger partial charge in [0.2, 0.25) is 0 Å². The molecule has 4 aromatic heterocycles. The average Bonchev–Trinajstić information content (AvgIpc) is 3.67. The first-order valence-electron chi connectivity index (χ1n) is 16.4. The van der Waals surface area contributed by atoms with Crippen molar-refractivity contribution in [3.05, 3.63) is 104 Å². The largest absolute Gasteiger partial charge is 0.396 e. The van der Waals surface area contributed by atoms with Gasteiger partial charge in [-0.3, -0.25) is 0 Å². The predicted octanol–water partition coefficient (Wildman–Crippen LogP) is 10.2. The number of halogens is 4. The molecule has 258 valence electrons. The first-order valence-corrected chi connectivity index (χ1v) is 17.9. The molecule has 8 nitrogen and oxygen atoms in total. The van der Waals surface area contributed by atoms with Crippen molar-refractivity contribution in [3.63, 3.8) is 0 Å². The Kier molecular flexibility index (Phi) is 12.6. The van der Waals surface area contributed by atoms with E-state index in [0.29, 0.717) is 39.0 Å². The van der Waals surface area contributed by atoms with Crippen molar-refractivity contribution in [2.75, 3.05) is 20.3 Å². The lowest BCUT2D eigenvalue weighted by molar-refractivity contribution is 0.189. The van der Waals surface area contributed by atoms with Crippen LogP contribution in [0.1, 0.15) is 74.9 Å². The molecule has 1 N–H and O–H groups in total. The molecule has 0 amide bonds. The third-order valence-corrected chi connectivity index (χ3v) is 9.74. The third-order valence-electron chi connectivity index (χ3n) is 8.65. The summed E-state index contributed by atoms with van der Waals surface area (Å²) in [6, 6.07) is 14.8. The summed E-state index contributed by atoms with van der Waals surface area (Å²) in [5.41, 5.74) is 9.57. The molecule has 0 aliphatic heterocycles. The highest BCUT2D eigenvalue weighted by atomic mass is 35.5. The Hall–Kier alpha value is -3.24. The zero-order chi connectivity index (χ0) is 35.2. The van der Waals surface area contributed by atoms with Crippen LogP contribution in [0.3, 0.4) is 0 Å². The van der Waals surface area contributed by atoms with Gasteiger partial charge in [0.15, 0.2) is 11.3 Å². The summed E-state index contributed by atoms with van der Waals surface area (Å²) in [6.07, 6.45) is 6.85. The van der Waals surface area contributed by atoms with E-state index in [1.807, 2.05) is 51.6 Å². The number of aromatic nitrogens is 6. The second-order valence-electron chi connectivity index (χ2n) is 11.9. The van der Waals surface area contributed by atoms with Gasteiger partial charge in [0, 0.05) is 65.0 Å². The molecule has 0 radical (unpaired) electrons. The maximum Gasteiger partial charge on any atom is 0.159 e. The highest BCUT2D eigenvalue weighted by molar-refractivity contribution is 6.37. The van der Waals surface area contributed by atoms with Gasteiger partial charge in [0.1, 0.15) is 0 Å². The minimum Gasteiger partial charge on any atom is -0.396 e. The molecular weight excluding hydrogens is 702 g/mol. The zero-order valence-electron chi connectivity index (χ0n) is 28.2. The van der Waals surface area contributed by atoms with Crippen LogP contribution in [0, 0.1) is 0 Å². The van der Waals surface area contributed by atoms with E-state index in [0.717, 1.165) is 70.0 Å². The maximum atomic E-state index is 9.29. The molecule has 0 fully saturated rings. The quantitative estimate of drug-likeness (QED) is 0.142. The van der Waals surface area contributed by atoms with Gasteiger partial charge >= 0.3 is 0 Å². The van der Waals surface area contributed by atoms with Crippen molar-refractivity contribution in [1.29, 1.82) is 0 Å². The maximum absolute atomic E-state index is 9.29. The van der Waals surface area contributed by atoms with Crippen molar-refractivity contribution < 1.29 is 9.84 Å². The van der Waals surface area contributed by atoms with Gasteiger partial charge in [-0.05, 0) is 86.1 Å². The van der Waals surface area contributed by atoms with Gasteiger partial charge in [-0.25, -0.2) is 19.0 Å². The van der Waals surface area contributed by atoms with E-state index in [9.17, 15) is 5.11 Å². The van der Waals surface area contributed by atoms with Crippen LogP contribution in [0.25, 0.3) is 33.8 Å². The Labute approximate surface area is 307 Å². The first kappa shape index (κ1) is 37.0. The lowest BCUT2D eigenvalue weighted by atomic mass is 9.97. The fourth-order valence-electron chi connectivity index (χ4n) is 6.12. The van der Waals surface area contributed by atoms with Crippen LogP contribution in [-0.2, 0) is 17.6 Å². The molecule has 2 aromatic carbocycles. The number of hydrogen-bond acceptors (Lipinski definition) is 6. The molecule has 0 saturated heterocycles. The van der Waals surface area contributed by atoms with E-state index in [1.54, 1.807) is 25.4 Å². The van der Waals surface area contributed by atoms with Crippen LogP contribution < -0.4 is 0 Å². The molecule has 6 rings (SSSR count). The van der Waals surface area contributed by atoms with Crippen molar-refractivity contribution in [3.8, 4) is 22.5 Å². The van der Waals surface area contributed by atoms with Crippen LogP contribution in [0.2, 0.25) is 20.1 Å². The van der Waals surface area contributed by atoms with E-state index >= 15 is 0 Å². The number of hydrogen-bond donors (Lipinski definition) is 1. The lowest BCUT2D eigenvalue weighted by Gasteiger charge is -2.11. The molecule has 0 aliphatic carbocycles. The number of benzene rings is 2. The van der Waals surface area contributed by atoms with E-state index < -0.39 is 0 Å². The van der Waals surface area contributed by atoms with Crippen molar-refractivity contribution in [2.45, 2.75) is 65.2 Å². The smallest absolute Gasteiger partial charge is 0.159 e. The molecule has 2 atom stereocenters. The zero-order valence-corrected chi connectivity index (χ0v) is 31.2. The molecule has 0 bridgehead atoms. The first-order chi connectivity index (χ1) is 23.6. The average molecular weight is 743 g/mol. The summed E-state index contributed by atoms with van der Waals surface area (Å²) in [5, 5.41) is 21.3. The molecule has 0 spiro atoms. The third kappa shape index (κ3) is 7.90. The summed E-state index contributed by atoms with van der Waals surface area (Å²) < 4.78 is 8.98. The normalized spacial score (nSPS) is 12.7. The summed E-state index contributed by atoms with van der Waals surface area (Å²) in [4.78, 5) is 9.14. The molecule has 49 heavy (non-hydrogen) atoms. The monoisotopic (exact) mass is 740 g/mol. The van der Waals surface area contributed by atoms with Gasteiger partial charge in [0.25, 0.3) is 0 Å². The Balaban J connectivity index is 0.000000191. The number of fused-ring (bicyclic) bond motifs is 2. The Morgan fingerprint density at radius 1 is 0.694 bits per heavy atom. The molecule has 4 heterocycles. The number of nitrogens with zero attached hydrogens (tertiary/aromatic N) is 6. The summed E-state index contributed by atoms with van der Waals surface area (Å²) >= 11 is 24.8. The second kappa shape index (κ2) is 16.6. The molecule has 2 unspecified atom stereocenters. The lowest BCUT2D eigenvalue weighted by Crippen LogP contribution is -2.02. The van der Waals surface area contributed by atoms with Crippen LogP contribution in [0.15, 0.2) is 60.9 Å². The van der Waals surface area contributed by atoms with Crippen LogP contribution in [-0.4, -0.2) is 54.6 Å². The van der Waals surface area contributed by atoms with Crippen LogP contribution >= 0.6 is 46.4 Å². The minimum atomic E-state index is 0.143. The second-order valence-corrected chi connectivity index (χ2v) is 13.6. The summed E-state index contributed by atoms with van der Waals surface area (Å²) in [7, 11) is 1.72. The van der Waals surface area contributed by atoms with Gasteiger partial charge in [-0.2, -0.15) is 10.2 Å². The molecule has 0 saturated carbocycles. The fraction of sp³-hybridized carbons (Fsp3) is 0.351. The Bertz CT molecular complexity index is 2060. The number of aliphatic hydroxyl groups is 1. The summed E-state index contributed by atoms with van der Waals surface area (Å²) in [5.74, 6) is 0.502. The number of aryl methyl sites for hydroxylation is 2. The molecule has 0 aliphatic rings. The minimum absolute atomic E-state index is 0.143. The van der Waals surface area contributed by atoms with Gasteiger partial charge in [-0.1, -0.05) is 74.1 Å². The van der Waals surface area contributed by atoms with E-state index in [-0.39, 0.29) is 12.5 Å². The van der Waals surface area contributed by atoms with Crippen LogP contribution in [0.5, 0.6) is 0 Å². The Morgan fingerprint density at radius 2 is 1.14 bits per heavy atom. The van der Waals surface area contributed by atoms with E-state index in [1.165, 1.54) is 5.56 Å². The molecule has 12 heteroatoms. The van der Waals surface area contributed by atoms with Crippen LogP contribution in [0.4, 0.5) is 0 Å². The standard InChI is InChI=1S/C19H21Cl2N3O.C18H19Cl2N3O/c1-4-16-18(12(2)8-10-25-3)19-22-9-7-17(24(19)23-16)14-6-5-13(20)11-15(14)21;1-3-15-17(11(2)7-9-24)18-21-8-6-16(23(18)22-15)13-5-4-12(19)10-14(13)20/h5-7,9,11-12H,4,8,10H2,1-3H3;4-6,8,10-11,24H,3,7,9H2,1-2H3. The topological polar surface area (TPSA) is 89.8 Å². The highest BCUT2D eigenvalue weighted by Crippen LogP contribution is 2.35. The van der Waals surface area contributed by atoms with Crippen molar-refractivity contribution in [1.82, 2.24) is 29.2 Å². The van der Waals surface area contributed by atoms with Gasteiger partial charge in [-0.15, -0.1) is 0 Å². The number of aliphatic hydroxyl groups excluding tert-OH is 1. The number of rotatable bonds is 11. The Morgan fingerprint density at radius 3 is 1.53 bits per heavy atom. The van der Waals surface area contributed by atoms with Gasteiger partial charge in [0.05, 0.1) is 32.8 Å². The summed E-state index contributed by atoms with van der Waals surface area (Å²) in [6.45, 7) is 9.33. The molecular formula is C37H40Cl4N6O2. The SMILES string of the molecule is CCc1nn2c(-c3ccc(Cl)cc3Cl)ccnc2c1C(C)CCO.CCc1nn2c(-c3ccc(Cl)cc3Cl)ccnc2c1C(C)CCOC. The fourth-order valence-corrected chi connectivity index (χ4v) is 7.13. The van der Waals surface area contributed by atoms with E-state index in [2.05, 4.69) is 37.7 Å². The van der Waals surface area contributed by atoms with E-state index in [4.69, 9.17) is 61.3 Å². The number of ether oxygens (including phenoxy) is 1. The van der Waals surface area contributed by atoms with Crippen molar-refractivity contribution in [2.24, 2.45) is 0 Å². The predicted molar refractivity (Wildman–Crippen MR) is 201 cm³/mol. The van der Waals surface area contributed by atoms with Crippen molar-refractivity contribution >= 4 is 57.7 Å².